The monoisotopic (exact) mass is 430 g/mol. The van der Waals surface area contributed by atoms with E-state index in [4.69, 9.17) is 9.47 Å². The summed E-state index contributed by atoms with van der Waals surface area (Å²) in [6.07, 6.45) is 2.01. The number of hydrogen-bond donors (Lipinski definition) is 2. The van der Waals surface area contributed by atoms with Crippen LogP contribution in [0.4, 0.5) is 5.69 Å². The molecule has 0 saturated carbocycles. The second kappa shape index (κ2) is 10.6. The molecule has 6 heteroatoms. The van der Waals surface area contributed by atoms with Crippen LogP contribution in [0.2, 0.25) is 0 Å². The maximum atomic E-state index is 12.6. The minimum absolute atomic E-state index is 0.0544. The van der Waals surface area contributed by atoms with Crippen molar-refractivity contribution in [3.63, 3.8) is 0 Å². The number of carbonyl (C=O) groups is 2. The van der Waals surface area contributed by atoms with Crippen LogP contribution in [0, 0.1) is 0 Å². The summed E-state index contributed by atoms with van der Waals surface area (Å²) in [6, 6.07) is 24.4. The third-order valence-electron chi connectivity index (χ3n) is 5.29. The van der Waals surface area contributed by atoms with Crippen LogP contribution in [-0.2, 0) is 9.53 Å². The molecule has 1 aliphatic rings. The fourth-order valence-electron chi connectivity index (χ4n) is 3.68. The molecule has 0 aromatic heterocycles. The highest BCUT2D eigenvalue weighted by Crippen LogP contribution is 2.29. The molecule has 1 heterocycles. The van der Waals surface area contributed by atoms with Crippen LogP contribution >= 0.6 is 0 Å². The lowest BCUT2D eigenvalue weighted by Gasteiger charge is -2.15. The minimum Gasteiger partial charge on any atom is -0.483 e. The topological polar surface area (TPSA) is 76.7 Å². The maximum Gasteiger partial charge on any atom is 0.262 e. The van der Waals surface area contributed by atoms with Gasteiger partial charge in [-0.3, -0.25) is 9.59 Å². The van der Waals surface area contributed by atoms with Gasteiger partial charge in [-0.2, -0.15) is 0 Å². The van der Waals surface area contributed by atoms with Gasteiger partial charge in [0.05, 0.1) is 17.4 Å². The van der Waals surface area contributed by atoms with E-state index in [0.717, 1.165) is 30.6 Å². The van der Waals surface area contributed by atoms with Gasteiger partial charge in [0, 0.05) is 18.7 Å². The Bertz CT molecular complexity index is 1060. The summed E-state index contributed by atoms with van der Waals surface area (Å²) in [5, 5.41) is 5.68. The Balaban J connectivity index is 1.38. The standard InChI is InChI=1S/C26H26N2O4/c29-25(18-32-24-15-7-5-12-21(24)19-9-2-1-3-10-19)28-23-14-6-4-13-22(23)26(30)27-17-20-11-8-16-31-20/h1-7,9-10,12-15,20H,8,11,16-18H2,(H,27,30)(H,28,29)/t20-/m0/s1. The van der Waals surface area contributed by atoms with Crippen LogP contribution < -0.4 is 15.4 Å². The molecule has 3 aromatic carbocycles. The first-order valence-electron chi connectivity index (χ1n) is 10.8. The third-order valence-corrected chi connectivity index (χ3v) is 5.29. The molecule has 1 saturated heterocycles. The molecule has 0 aliphatic carbocycles. The van der Waals surface area contributed by atoms with E-state index in [2.05, 4.69) is 10.6 Å². The zero-order valence-corrected chi connectivity index (χ0v) is 17.8. The lowest BCUT2D eigenvalue weighted by molar-refractivity contribution is -0.118. The Morgan fingerprint density at radius 3 is 2.50 bits per heavy atom. The van der Waals surface area contributed by atoms with E-state index in [0.29, 0.717) is 23.5 Å². The molecule has 3 aromatic rings. The maximum absolute atomic E-state index is 12.6. The molecule has 164 valence electrons. The predicted molar refractivity (Wildman–Crippen MR) is 124 cm³/mol. The van der Waals surface area contributed by atoms with Crippen molar-refractivity contribution in [2.75, 3.05) is 25.1 Å². The van der Waals surface area contributed by atoms with Crippen molar-refractivity contribution in [3.05, 3.63) is 84.4 Å². The van der Waals surface area contributed by atoms with Crippen molar-refractivity contribution in [1.29, 1.82) is 0 Å². The van der Waals surface area contributed by atoms with Gasteiger partial charge in [-0.1, -0.05) is 60.7 Å². The van der Waals surface area contributed by atoms with E-state index in [-0.39, 0.29) is 24.5 Å². The number of anilines is 1. The Kier molecular flexibility index (Phi) is 7.15. The fourth-order valence-corrected chi connectivity index (χ4v) is 3.68. The number of nitrogens with one attached hydrogen (secondary N) is 2. The number of ether oxygens (including phenoxy) is 2. The molecule has 1 aliphatic heterocycles. The smallest absolute Gasteiger partial charge is 0.262 e. The Morgan fingerprint density at radius 1 is 0.938 bits per heavy atom. The summed E-state index contributed by atoms with van der Waals surface area (Å²) in [5.74, 6) is 0.0374. The SMILES string of the molecule is O=C(COc1ccccc1-c1ccccc1)Nc1ccccc1C(=O)NC[C@@H]1CCCO1. The van der Waals surface area contributed by atoms with E-state index in [1.807, 2.05) is 54.6 Å². The molecule has 0 unspecified atom stereocenters. The highest BCUT2D eigenvalue weighted by Gasteiger charge is 2.18. The summed E-state index contributed by atoms with van der Waals surface area (Å²) in [7, 11) is 0. The average molecular weight is 431 g/mol. The molecule has 2 N–H and O–H groups in total. The van der Waals surface area contributed by atoms with Crippen molar-refractivity contribution in [2.24, 2.45) is 0 Å². The number of rotatable bonds is 8. The number of hydrogen-bond acceptors (Lipinski definition) is 4. The van der Waals surface area contributed by atoms with Crippen molar-refractivity contribution < 1.29 is 19.1 Å². The van der Waals surface area contributed by atoms with Gasteiger partial charge in [-0.25, -0.2) is 0 Å². The van der Waals surface area contributed by atoms with Crippen molar-refractivity contribution in [2.45, 2.75) is 18.9 Å². The zero-order chi connectivity index (χ0) is 22.2. The van der Waals surface area contributed by atoms with Gasteiger partial charge in [-0.15, -0.1) is 0 Å². The first-order valence-corrected chi connectivity index (χ1v) is 10.8. The van der Waals surface area contributed by atoms with E-state index < -0.39 is 0 Å². The van der Waals surface area contributed by atoms with Gasteiger partial charge < -0.3 is 20.1 Å². The molecule has 0 spiro atoms. The van der Waals surface area contributed by atoms with Gasteiger partial charge in [0.25, 0.3) is 11.8 Å². The number of amides is 2. The lowest BCUT2D eigenvalue weighted by Crippen LogP contribution is -2.32. The molecule has 0 radical (unpaired) electrons. The fraction of sp³-hybridized carbons (Fsp3) is 0.231. The molecule has 1 fully saturated rings. The highest BCUT2D eigenvalue weighted by atomic mass is 16.5. The van der Waals surface area contributed by atoms with E-state index in [1.165, 1.54) is 0 Å². The van der Waals surface area contributed by atoms with Crippen molar-refractivity contribution in [3.8, 4) is 16.9 Å². The second-order valence-electron chi connectivity index (χ2n) is 7.59. The van der Waals surface area contributed by atoms with Gasteiger partial charge in [-0.05, 0) is 36.6 Å². The zero-order valence-electron chi connectivity index (χ0n) is 17.8. The molecule has 6 nitrogen and oxygen atoms in total. The molecule has 0 bridgehead atoms. The Labute approximate surface area is 187 Å². The van der Waals surface area contributed by atoms with Gasteiger partial charge in [0.1, 0.15) is 5.75 Å². The molecular weight excluding hydrogens is 404 g/mol. The van der Waals surface area contributed by atoms with E-state index >= 15 is 0 Å². The first-order chi connectivity index (χ1) is 15.7. The molecule has 4 rings (SSSR count). The molecule has 2 amide bonds. The van der Waals surface area contributed by atoms with Crippen LogP contribution in [0.15, 0.2) is 78.9 Å². The Morgan fingerprint density at radius 2 is 1.69 bits per heavy atom. The quantitative estimate of drug-likeness (QED) is 0.559. The predicted octanol–water partition coefficient (Wildman–Crippen LogP) is 4.28. The minimum atomic E-state index is -0.341. The first kappa shape index (κ1) is 21.6. The molecular formula is C26H26N2O4. The number of benzene rings is 3. The van der Waals surface area contributed by atoms with Crippen molar-refractivity contribution >= 4 is 17.5 Å². The summed E-state index contributed by atoms with van der Waals surface area (Å²) in [5.41, 5.74) is 2.78. The summed E-state index contributed by atoms with van der Waals surface area (Å²) in [6.45, 7) is 1.02. The van der Waals surface area contributed by atoms with Crippen LogP contribution in [-0.4, -0.2) is 37.7 Å². The average Bonchev–Trinajstić information content (AvgIpc) is 3.36. The second-order valence-corrected chi connectivity index (χ2v) is 7.59. The Hall–Kier alpha value is -3.64. The molecule has 1 atom stereocenters. The molecule has 32 heavy (non-hydrogen) atoms. The lowest BCUT2D eigenvalue weighted by atomic mass is 10.1. The van der Waals surface area contributed by atoms with E-state index in [9.17, 15) is 9.59 Å². The van der Waals surface area contributed by atoms with Crippen LogP contribution in [0.3, 0.4) is 0 Å². The summed E-state index contributed by atoms with van der Waals surface area (Å²) >= 11 is 0. The number of para-hydroxylation sites is 2. The van der Waals surface area contributed by atoms with Gasteiger partial charge in [0.2, 0.25) is 0 Å². The highest BCUT2D eigenvalue weighted by molar-refractivity contribution is 6.04. The summed E-state index contributed by atoms with van der Waals surface area (Å²) in [4.78, 5) is 25.2. The summed E-state index contributed by atoms with van der Waals surface area (Å²) < 4.78 is 11.4. The van der Waals surface area contributed by atoms with Gasteiger partial charge in [0.15, 0.2) is 6.61 Å². The van der Waals surface area contributed by atoms with E-state index in [1.54, 1.807) is 24.3 Å². The third kappa shape index (κ3) is 5.53. The number of carbonyl (C=O) groups excluding carboxylic acids is 2. The normalized spacial score (nSPS) is 15.2. The largest absolute Gasteiger partial charge is 0.483 e. The van der Waals surface area contributed by atoms with Crippen LogP contribution in [0.1, 0.15) is 23.2 Å². The van der Waals surface area contributed by atoms with Gasteiger partial charge >= 0.3 is 0 Å². The van der Waals surface area contributed by atoms with Crippen LogP contribution in [0.25, 0.3) is 11.1 Å². The van der Waals surface area contributed by atoms with Crippen LogP contribution in [0.5, 0.6) is 5.75 Å². The van der Waals surface area contributed by atoms with Crippen molar-refractivity contribution in [1.82, 2.24) is 5.32 Å².